The van der Waals surface area contributed by atoms with Gasteiger partial charge < -0.3 is 11.5 Å². The minimum absolute atomic E-state index is 0.525. The van der Waals surface area contributed by atoms with Crippen molar-refractivity contribution in [2.45, 2.75) is 77.7 Å². The van der Waals surface area contributed by atoms with Crippen LogP contribution >= 0.6 is 8.25 Å². The molecule has 0 aliphatic carbocycles. The smallest absolute Gasteiger partial charge is 0.302 e. The highest BCUT2D eigenvalue weighted by Crippen LogP contribution is 2.28. The van der Waals surface area contributed by atoms with Crippen molar-refractivity contribution in [1.82, 2.24) is 0 Å². The zero-order valence-corrected chi connectivity index (χ0v) is 12.5. The van der Waals surface area contributed by atoms with Gasteiger partial charge >= 0.3 is 8.25 Å². The summed E-state index contributed by atoms with van der Waals surface area (Å²) in [7, 11) is -2.20. The Bertz CT molecular complexity index is 197. The highest BCUT2D eigenvalue weighted by atomic mass is 31.1. The van der Waals surface area contributed by atoms with Gasteiger partial charge in [-0.15, -0.1) is 9.05 Å². The second-order valence-corrected chi connectivity index (χ2v) is 5.37. The molecule has 0 heterocycles. The van der Waals surface area contributed by atoms with E-state index in [1.807, 2.05) is 0 Å². The maximum absolute atomic E-state index is 11.5. The summed E-state index contributed by atoms with van der Waals surface area (Å²) in [6, 6.07) is 0. The Hall–Kier alpha value is -0.0600. The van der Waals surface area contributed by atoms with E-state index in [0.29, 0.717) is 12.8 Å². The van der Waals surface area contributed by atoms with Crippen LogP contribution in [0.1, 0.15) is 65.2 Å². The molecule has 6 heteroatoms. The van der Waals surface area contributed by atoms with E-state index in [1.165, 1.54) is 0 Å². The van der Waals surface area contributed by atoms with Gasteiger partial charge in [-0.25, -0.2) is 0 Å². The summed E-state index contributed by atoms with van der Waals surface area (Å²) in [4.78, 5) is 0. The number of rotatable bonds is 12. The summed E-state index contributed by atoms with van der Waals surface area (Å²) in [6.07, 6.45) is 6.75. The lowest BCUT2D eigenvalue weighted by molar-refractivity contribution is 0.123. The molecule has 18 heavy (non-hydrogen) atoms. The fourth-order valence-corrected chi connectivity index (χ4v) is 2.25. The molecular formula is C12H28N2O3P+. The predicted molar refractivity (Wildman–Crippen MR) is 74.0 cm³/mol. The van der Waals surface area contributed by atoms with Crippen LogP contribution in [0.3, 0.4) is 0 Å². The maximum atomic E-state index is 11.5. The van der Waals surface area contributed by atoms with Crippen LogP contribution in [0.4, 0.5) is 0 Å². The van der Waals surface area contributed by atoms with Crippen molar-refractivity contribution in [3.05, 3.63) is 0 Å². The van der Waals surface area contributed by atoms with E-state index in [0.717, 1.165) is 38.5 Å². The summed E-state index contributed by atoms with van der Waals surface area (Å²) in [5.41, 5.74) is 11.4. The molecule has 0 aliphatic heterocycles. The average molecular weight is 279 g/mol. The standard InChI is InChI=1S/C12H28N2O3P/c1-3-5-7-9-11(13)16-18(15)17-12(14)10-8-6-4-2/h11-12H,3-10,13-14H2,1-2H3/q+1. The first-order valence-corrected chi connectivity index (χ1v) is 8.01. The third-order valence-corrected chi connectivity index (χ3v) is 3.51. The van der Waals surface area contributed by atoms with Crippen molar-refractivity contribution >= 4 is 8.25 Å². The average Bonchev–Trinajstić information content (AvgIpc) is 2.29. The SMILES string of the molecule is CCCCCC(N)O[P+](=O)OC(N)CCCCC. The zero-order valence-electron chi connectivity index (χ0n) is 11.6. The number of unbranched alkanes of at least 4 members (excludes halogenated alkanes) is 4. The van der Waals surface area contributed by atoms with Crippen molar-refractivity contribution in [2.75, 3.05) is 0 Å². The molecule has 0 radical (unpaired) electrons. The van der Waals surface area contributed by atoms with Gasteiger partial charge in [0, 0.05) is 4.57 Å². The number of hydrogen-bond donors (Lipinski definition) is 2. The summed E-state index contributed by atoms with van der Waals surface area (Å²) in [6.45, 7) is 4.23. The number of hydrogen-bond acceptors (Lipinski definition) is 5. The Morgan fingerprint density at radius 1 is 0.889 bits per heavy atom. The first kappa shape index (κ1) is 17.9. The molecule has 0 aromatic rings. The van der Waals surface area contributed by atoms with Gasteiger partial charge in [0.2, 0.25) is 0 Å². The van der Waals surface area contributed by atoms with Crippen LogP contribution in [0.5, 0.6) is 0 Å². The maximum Gasteiger partial charge on any atom is 0.700 e. The van der Waals surface area contributed by atoms with Crippen LogP contribution in [-0.2, 0) is 13.6 Å². The minimum Gasteiger partial charge on any atom is -0.302 e. The monoisotopic (exact) mass is 279 g/mol. The quantitative estimate of drug-likeness (QED) is 0.325. The van der Waals surface area contributed by atoms with Gasteiger partial charge in [-0.3, -0.25) is 0 Å². The lowest BCUT2D eigenvalue weighted by Crippen LogP contribution is -2.24. The molecule has 0 bridgehead atoms. The highest BCUT2D eigenvalue weighted by molar-refractivity contribution is 7.33. The number of nitrogens with two attached hydrogens (primary N) is 2. The van der Waals surface area contributed by atoms with Gasteiger partial charge in [-0.2, -0.15) is 0 Å². The largest absolute Gasteiger partial charge is 0.700 e. The van der Waals surface area contributed by atoms with Crippen LogP contribution in [0, 0.1) is 0 Å². The molecule has 0 amide bonds. The summed E-state index contributed by atoms with van der Waals surface area (Å²) >= 11 is 0. The van der Waals surface area contributed by atoms with Gasteiger partial charge in [0.1, 0.15) is 0 Å². The molecule has 0 aromatic heterocycles. The Morgan fingerprint density at radius 3 is 1.61 bits per heavy atom. The molecule has 2 atom stereocenters. The molecule has 0 aliphatic rings. The van der Waals surface area contributed by atoms with Crippen LogP contribution in [-0.4, -0.2) is 12.5 Å². The normalized spacial score (nSPS) is 15.4. The van der Waals surface area contributed by atoms with Crippen LogP contribution in [0.2, 0.25) is 0 Å². The fraction of sp³-hybridized carbons (Fsp3) is 1.00. The van der Waals surface area contributed by atoms with Gasteiger partial charge in [-0.1, -0.05) is 39.5 Å². The molecule has 0 saturated carbocycles. The molecule has 0 rings (SSSR count). The topological polar surface area (TPSA) is 87.6 Å². The van der Waals surface area contributed by atoms with E-state index < -0.39 is 20.7 Å². The van der Waals surface area contributed by atoms with E-state index in [-0.39, 0.29) is 0 Å². The summed E-state index contributed by atoms with van der Waals surface area (Å²) in [5.74, 6) is 0. The van der Waals surface area contributed by atoms with Crippen molar-refractivity contribution in [1.29, 1.82) is 0 Å². The molecule has 108 valence electrons. The van der Waals surface area contributed by atoms with E-state index >= 15 is 0 Å². The Labute approximate surface area is 112 Å². The predicted octanol–water partition coefficient (Wildman–Crippen LogP) is 3.41. The van der Waals surface area contributed by atoms with Crippen LogP contribution in [0.25, 0.3) is 0 Å². The third-order valence-electron chi connectivity index (χ3n) is 2.63. The van der Waals surface area contributed by atoms with Crippen molar-refractivity contribution in [3.8, 4) is 0 Å². The highest BCUT2D eigenvalue weighted by Gasteiger charge is 2.28. The van der Waals surface area contributed by atoms with Gasteiger partial charge in [0.15, 0.2) is 12.5 Å². The van der Waals surface area contributed by atoms with Crippen LogP contribution in [0.15, 0.2) is 0 Å². The van der Waals surface area contributed by atoms with E-state index in [4.69, 9.17) is 20.5 Å². The summed E-state index contributed by atoms with van der Waals surface area (Å²) < 4.78 is 21.6. The van der Waals surface area contributed by atoms with Crippen molar-refractivity contribution in [3.63, 3.8) is 0 Å². The first-order valence-electron chi connectivity index (χ1n) is 6.92. The van der Waals surface area contributed by atoms with Crippen LogP contribution < -0.4 is 11.5 Å². The molecular weight excluding hydrogens is 251 g/mol. The fourth-order valence-electron chi connectivity index (χ4n) is 1.54. The molecule has 0 saturated heterocycles. The Morgan fingerprint density at radius 2 is 1.28 bits per heavy atom. The molecule has 0 fully saturated rings. The summed E-state index contributed by atoms with van der Waals surface area (Å²) in [5, 5.41) is 0. The molecule has 0 spiro atoms. The van der Waals surface area contributed by atoms with Crippen molar-refractivity contribution in [2.24, 2.45) is 11.5 Å². The Balaban J connectivity index is 3.61. The van der Waals surface area contributed by atoms with E-state index in [1.54, 1.807) is 0 Å². The second kappa shape index (κ2) is 12.0. The van der Waals surface area contributed by atoms with Gasteiger partial charge in [-0.05, 0) is 25.7 Å². The van der Waals surface area contributed by atoms with E-state index in [9.17, 15) is 4.57 Å². The van der Waals surface area contributed by atoms with Gasteiger partial charge in [0.05, 0.1) is 0 Å². The second-order valence-electron chi connectivity index (χ2n) is 4.50. The molecule has 4 N–H and O–H groups in total. The zero-order chi connectivity index (χ0) is 13.8. The van der Waals surface area contributed by atoms with Crippen molar-refractivity contribution < 1.29 is 13.6 Å². The Kier molecular flexibility index (Phi) is 12.0. The third kappa shape index (κ3) is 11.1. The molecule has 5 nitrogen and oxygen atoms in total. The van der Waals surface area contributed by atoms with E-state index in [2.05, 4.69) is 13.8 Å². The lowest BCUT2D eigenvalue weighted by atomic mass is 10.2. The minimum atomic E-state index is -2.20. The molecule has 0 aromatic carbocycles. The lowest BCUT2D eigenvalue weighted by Gasteiger charge is -2.06. The first-order chi connectivity index (χ1) is 8.60. The van der Waals surface area contributed by atoms with Gasteiger partial charge in [0.25, 0.3) is 0 Å². The molecule has 2 unspecified atom stereocenters.